The molecule has 2 aliphatic heterocycles. The van der Waals surface area contributed by atoms with Gasteiger partial charge in [0, 0.05) is 31.6 Å². The second-order valence-corrected chi connectivity index (χ2v) is 8.22. The van der Waals surface area contributed by atoms with E-state index in [2.05, 4.69) is 16.0 Å². The molecule has 1 spiro atoms. The largest absolute Gasteiger partial charge is 0.497 e. The van der Waals surface area contributed by atoms with Crippen molar-refractivity contribution >= 4 is 23.4 Å². The highest BCUT2D eigenvalue weighted by Gasteiger charge is 2.40. The monoisotopic (exact) mass is 436 g/mol. The Bertz CT molecular complexity index is 1020. The molecule has 1 fully saturated rings. The summed E-state index contributed by atoms with van der Waals surface area (Å²) in [5.74, 6) is 0.363. The molecule has 2 aliphatic rings. The van der Waals surface area contributed by atoms with E-state index in [1.807, 2.05) is 42.5 Å². The minimum Gasteiger partial charge on any atom is -0.497 e. The molecule has 3 N–H and O–H groups in total. The van der Waals surface area contributed by atoms with Crippen LogP contribution in [0.25, 0.3) is 0 Å². The fraction of sp³-hybridized carbons (Fsp3) is 0.375. The van der Waals surface area contributed by atoms with Crippen LogP contribution < -0.4 is 20.7 Å². The van der Waals surface area contributed by atoms with Crippen molar-refractivity contribution in [1.29, 1.82) is 0 Å². The van der Waals surface area contributed by atoms with Gasteiger partial charge in [0.05, 0.1) is 19.2 Å². The maximum Gasteiger partial charge on any atom is 0.255 e. The number of fused-ring (bicyclic) bond motifs is 1. The Morgan fingerprint density at radius 3 is 2.81 bits per heavy atom. The number of carbonyl (C=O) groups excluding carboxylic acids is 3. The lowest BCUT2D eigenvalue weighted by atomic mass is 9.95. The van der Waals surface area contributed by atoms with Crippen LogP contribution in [0.4, 0.5) is 5.69 Å². The zero-order chi connectivity index (χ0) is 22.6. The summed E-state index contributed by atoms with van der Waals surface area (Å²) in [6.45, 7) is 0.876. The summed E-state index contributed by atoms with van der Waals surface area (Å²) in [6, 6.07) is 15.1. The number of benzene rings is 2. The number of likely N-dealkylation sites (tertiary alicyclic amines) is 1. The minimum absolute atomic E-state index is 0.0115. The van der Waals surface area contributed by atoms with Gasteiger partial charge in [-0.15, -0.1) is 0 Å². The Kier molecular flexibility index (Phi) is 6.30. The zero-order valence-corrected chi connectivity index (χ0v) is 18.1. The molecule has 1 unspecified atom stereocenters. The van der Waals surface area contributed by atoms with Crippen molar-refractivity contribution in [3.05, 3.63) is 59.7 Å². The first-order chi connectivity index (χ1) is 15.5. The van der Waals surface area contributed by atoms with Crippen LogP contribution in [0.15, 0.2) is 48.5 Å². The molecule has 1 saturated heterocycles. The topological polar surface area (TPSA) is 99.8 Å². The number of ether oxygens (including phenoxy) is 1. The number of nitrogens with one attached hydrogen (secondary N) is 3. The second-order valence-electron chi connectivity index (χ2n) is 8.22. The molecule has 8 heteroatoms. The molecule has 2 aromatic rings. The van der Waals surface area contributed by atoms with Gasteiger partial charge in [-0.1, -0.05) is 24.3 Å². The van der Waals surface area contributed by atoms with E-state index in [-0.39, 0.29) is 30.7 Å². The number of hydrogen-bond acceptors (Lipinski definition) is 5. The van der Waals surface area contributed by atoms with Crippen molar-refractivity contribution in [2.24, 2.45) is 0 Å². The first kappa shape index (κ1) is 21.7. The Hall–Kier alpha value is -3.55. The number of carbonyl (C=O) groups is 3. The van der Waals surface area contributed by atoms with Gasteiger partial charge in [-0.05, 0) is 42.7 Å². The van der Waals surface area contributed by atoms with Crippen LogP contribution in [-0.4, -0.2) is 55.0 Å². The standard InChI is InChI=1S/C24H28N4O4/c1-32-18-6-4-5-17(15-18)10-13-25-21(29)16-28-14-12-24(11-9-22(28)30)26-20-8-3-2-7-19(20)23(31)27-24/h2-8,15,26H,9-14,16H2,1H3,(H,25,29)(H,27,31). The molecular formula is C24H28N4O4. The minimum atomic E-state index is -0.682. The normalized spacial score (nSPS) is 20.1. The highest BCUT2D eigenvalue weighted by molar-refractivity contribution is 6.02. The predicted octanol–water partition coefficient (Wildman–Crippen LogP) is 1.92. The van der Waals surface area contributed by atoms with E-state index in [1.165, 1.54) is 0 Å². The Labute approximate surface area is 187 Å². The summed E-state index contributed by atoms with van der Waals surface area (Å²) in [5.41, 5.74) is 1.75. The van der Waals surface area contributed by atoms with Crippen molar-refractivity contribution in [1.82, 2.24) is 15.5 Å². The number of para-hydroxylation sites is 1. The Balaban J connectivity index is 1.31. The van der Waals surface area contributed by atoms with Crippen molar-refractivity contribution in [2.45, 2.75) is 31.3 Å². The van der Waals surface area contributed by atoms with Crippen molar-refractivity contribution in [3.8, 4) is 5.75 Å². The number of amides is 3. The van der Waals surface area contributed by atoms with Gasteiger partial charge in [0.2, 0.25) is 11.8 Å². The summed E-state index contributed by atoms with van der Waals surface area (Å²) in [7, 11) is 1.62. The van der Waals surface area contributed by atoms with E-state index >= 15 is 0 Å². The van der Waals surface area contributed by atoms with Gasteiger partial charge in [0.25, 0.3) is 5.91 Å². The quantitative estimate of drug-likeness (QED) is 0.643. The third-order valence-corrected chi connectivity index (χ3v) is 6.03. The number of methoxy groups -OCH3 is 1. The average molecular weight is 437 g/mol. The van der Waals surface area contributed by atoms with Gasteiger partial charge in [-0.25, -0.2) is 0 Å². The summed E-state index contributed by atoms with van der Waals surface area (Å²) >= 11 is 0. The number of hydrogen-bond donors (Lipinski definition) is 3. The summed E-state index contributed by atoms with van der Waals surface area (Å²) in [5, 5.41) is 9.35. The molecule has 32 heavy (non-hydrogen) atoms. The van der Waals surface area contributed by atoms with E-state index in [0.29, 0.717) is 37.9 Å². The van der Waals surface area contributed by atoms with Crippen LogP contribution in [0, 0.1) is 0 Å². The molecule has 2 heterocycles. The van der Waals surface area contributed by atoms with E-state index in [1.54, 1.807) is 18.1 Å². The van der Waals surface area contributed by atoms with Gasteiger partial charge in [-0.2, -0.15) is 0 Å². The third-order valence-electron chi connectivity index (χ3n) is 6.03. The van der Waals surface area contributed by atoms with Gasteiger partial charge in [-0.3, -0.25) is 14.4 Å². The molecule has 168 valence electrons. The molecule has 1 atom stereocenters. The van der Waals surface area contributed by atoms with Gasteiger partial charge < -0.3 is 25.6 Å². The Morgan fingerprint density at radius 1 is 1.12 bits per heavy atom. The van der Waals surface area contributed by atoms with Crippen molar-refractivity contribution < 1.29 is 19.1 Å². The summed E-state index contributed by atoms with van der Waals surface area (Å²) < 4.78 is 5.22. The first-order valence-corrected chi connectivity index (χ1v) is 10.9. The van der Waals surface area contributed by atoms with Crippen LogP contribution in [0.5, 0.6) is 5.75 Å². The maximum atomic E-state index is 12.7. The van der Waals surface area contributed by atoms with Crippen LogP contribution in [0.2, 0.25) is 0 Å². The van der Waals surface area contributed by atoms with Crippen LogP contribution in [-0.2, 0) is 16.0 Å². The van der Waals surface area contributed by atoms with E-state index in [9.17, 15) is 14.4 Å². The number of nitrogens with zero attached hydrogens (tertiary/aromatic N) is 1. The fourth-order valence-electron chi connectivity index (χ4n) is 4.24. The molecule has 0 aliphatic carbocycles. The summed E-state index contributed by atoms with van der Waals surface area (Å²) in [6.07, 6.45) is 1.93. The van der Waals surface area contributed by atoms with E-state index in [0.717, 1.165) is 17.0 Å². The predicted molar refractivity (Wildman–Crippen MR) is 120 cm³/mol. The molecule has 0 bridgehead atoms. The third kappa shape index (κ3) is 4.85. The SMILES string of the molecule is COc1cccc(CCNC(=O)CN2CCC3(CCC2=O)NC(=O)c2ccccc2N3)c1. The molecule has 0 saturated carbocycles. The van der Waals surface area contributed by atoms with Gasteiger partial charge in [0.1, 0.15) is 11.4 Å². The molecule has 2 aromatic carbocycles. The fourth-order valence-corrected chi connectivity index (χ4v) is 4.24. The smallest absolute Gasteiger partial charge is 0.255 e. The highest BCUT2D eigenvalue weighted by atomic mass is 16.5. The van der Waals surface area contributed by atoms with Crippen molar-refractivity contribution in [3.63, 3.8) is 0 Å². The maximum absolute atomic E-state index is 12.7. The molecule has 0 aromatic heterocycles. The van der Waals surface area contributed by atoms with Crippen LogP contribution in [0.1, 0.15) is 35.2 Å². The molecule has 0 radical (unpaired) electrons. The highest BCUT2D eigenvalue weighted by Crippen LogP contribution is 2.31. The lowest BCUT2D eigenvalue weighted by molar-refractivity contribution is -0.135. The molecule has 8 nitrogen and oxygen atoms in total. The summed E-state index contributed by atoms with van der Waals surface area (Å²) in [4.78, 5) is 39.3. The number of anilines is 1. The van der Waals surface area contributed by atoms with Crippen LogP contribution >= 0.6 is 0 Å². The van der Waals surface area contributed by atoms with Gasteiger partial charge >= 0.3 is 0 Å². The number of rotatable bonds is 6. The van der Waals surface area contributed by atoms with Gasteiger partial charge in [0.15, 0.2) is 0 Å². The second kappa shape index (κ2) is 9.30. The lowest BCUT2D eigenvalue weighted by Crippen LogP contribution is -2.58. The molecule has 4 rings (SSSR count). The van der Waals surface area contributed by atoms with E-state index < -0.39 is 5.66 Å². The van der Waals surface area contributed by atoms with Crippen LogP contribution in [0.3, 0.4) is 0 Å². The van der Waals surface area contributed by atoms with E-state index in [4.69, 9.17) is 4.74 Å². The molecule has 3 amide bonds. The average Bonchev–Trinajstić information content (AvgIpc) is 2.93. The zero-order valence-electron chi connectivity index (χ0n) is 18.1. The Morgan fingerprint density at radius 2 is 1.97 bits per heavy atom. The van der Waals surface area contributed by atoms with Crippen molar-refractivity contribution in [2.75, 3.05) is 32.1 Å². The lowest BCUT2D eigenvalue weighted by Gasteiger charge is -2.39. The first-order valence-electron chi connectivity index (χ1n) is 10.9. The molecular weight excluding hydrogens is 408 g/mol.